The van der Waals surface area contributed by atoms with Gasteiger partial charge in [0.25, 0.3) is 0 Å². The third kappa shape index (κ3) is 4.26. The molecule has 0 saturated carbocycles. The minimum absolute atomic E-state index is 0.0335. The SMILES string of the molecule is Cc1ccc(C)n1-c1ccc(NC(=O)[C@H]2CC(=O)N(c3cccc(C(F)(F)F)c3)C2)cc1. The van der Waals surface area contributed by atoms with Crippen molar-refractivity contribution in [3.05, 3.63) is 77.6 Å². The summed E-state index contributed by atoms with van der Waals surface area (Å²) >= 11 is 0. The number of anilines is 2. The number of aromatic nitrogens is 1. The summed E-state index contributed by atoms with van der Waals surface area (Å²) in [5.74, 6) is -1.36. The molecule has 1 aliphatic heterocycles. The summed E-state index contributed by atoms with van der Waals surface area (Å²) in [4.78, 5) is 26.4. The van der Waals surface area contributed by atoms with E-state index in [0.717, 1.165) is 29.2 Å². The lowest BCUT2D eigenvalue weighted by molar-refractivity contribution is -0.137. The zero-order valence-corrected chi connectivity index (χ0v) is 17.6. The van der Waals surface area contributed by atoms with Gasteiger partial charge in [0.1, 0.15) is 0 Å². The third-order valence-electron chi connectivity index (χ3n) is 5.65. The van der Waals surface area contributed by atoms with Gasteiger partial charge in [-0.2, -0.15) is 13.2 Å². The predicted molar refractivity (Wildman–Crippen MR) is 116 cm³/mol. The molecule has 1 atom stereocenters. The van der Waals surface area contributed by atoms with Crippen molar-refractivity contribution in [2.24, 2.45) is 5.92 Å². The van der Waals surface area contributed by atoms with Crippen LogP contribution in [0, 0.1) is 19.8 Å². The Bertz CT molecular complexity index is 1150. The van der Waals surface area contributed by atoms with Crippen LogP contribution in [0.25, 0.3) is 5.69 Å². The van der Waals surface area contributed by atoms with E-state index < -0.39 is 17.7 Å². The number of carbonyl (C=O) groups excluding carboxylic acids is 2. The van der Waals surface area contributed by atoms with Crippen molar-refractivity contribution in [3.63, 3.8) is 0 Å². The maximum atomic E-state index is 13.0. The molecule has 32 heavy (non-hydrogen) atoms. The third-order valence-corrected chi connectivity index (χ3v) is 5.65. The molecular formula is C24H22F3N3O2. The van der Waals surface area contributed by atoms with Crippen molar-refractivity contribution in [3.8, 4) is 5.69 Å². The van der Waals surface area contributed by atoms with Crippen molar-refractivity contribution >= 4 is 23.2 Å². The molecule has 1 saturated heterocycles. The fraction of sp³-hybridized carbons (Fsp3) is 0.250. The number of alkyl halides is 3. The number of rotatable bonds is 4. The van der Waals surface area contributed by atoms with Gasteiger partial charge in [-0.05, 0) is 68.4 Å². The summed E-state index contributed by atoms with van der Waals surface area (Å²) < 4.78 is 41.1. The van der Waals surface area contributed by atoms with Crippen LogP contribution in [0.4, 0.5) is 24.5 Å². The molecular weight excluding hydrogens is 419 g/mol. The molecule has 2 amide bonds. The minimum atomic E-state index is -4.50. The van der Waals surface area contributed by atoms with Gasteiger partial charge in [-0.15, -0.1) is 0 Å². The lowest BCUT2D eigenvalue weighted by atomic mass is 10.1. The Morgan fingerprint density at radius 1 is 0.969 bits per heavy atom. The van der Waals surface area contributed by atoms with E-state index in [1.165, 1.54) is 17.0 Å². The number of amides is 2. The largest absolute Gasteiger partial charge is 0.416 e. The quantitative estimate of drug-likeness (QED) is 0.612. The van der Waals surface area contributed by atoms with E-state index in [1.807, 2.05) is 38.1 Å². The highest BCUT2D eigenvalue weighted by Crippen LogP contribution is 2.33. The van der Waals surface area contributed by atoms with Crippen molar-refractivity contribution in [1.29, 1.82) is 0 Å². The van der Waals surface area contributed by atoms with E-state index in [4.69, 9.17) is 0 Å². The average molecular weight is 441 g/mol. The Balaban J connectivity index is 1.44. The zero-order chi connectivity index (χ0) is 23.0. The maximum Gasteiger partial charge on any atom is 0.416 e. The maximum absolute atomic E-state index is 13.0. The van der Waals surface area contributed by atoms with Crippen LogP contribution in [0.15, 0.2) is 60.7 Å². The van der Waals surface area contributed by atoms with Crippen LogP contribution in [0.1, 0.15) is 23.4 Å². The van der Waals surface area contributed by atoms with Crippen molar-refractivity contribution < 1.29 is 22.8 Å². The van der Waals surface area contributed by atoms with E-state index in [1.54, 1.807) is 12.1 Å². The summed E-state index contributed by atoms with van der Waals surface area (Å²) in [5, 5.41) is 2.81. The minimum Gasteiger partial charge on any atom is -0.326 e. The van der Waals surface area contributed by atoms with E-state index in [0.29, 0.717) is 5.69 Å². The van der Waals surface area contributed by atoms with Crippen LogP contribution in [-0.4, -0.2) is 22.9 Å². The Hall–Kier alpha value is -3.55. The second-order valence-electron chi connectivity index (χ2n) is 7.94. The van der Waals surface area contributed by atoms with Crippen LogP contribution in [0.2, 0.25) is 0 Å². The van der Waals surface area contributed by atoms with Gasteiger partial charge in [-0.25, -0.2) is 0 Å². The average Bonchev–Trinajstić information content (AvgIpc) is 3.30. The standard InChI is InChI=1S/C24H22F3N3O2/c1-15-6-7-16(2)30(15)20-10-8-19(9-11-20)28-23(32)17-12-22(31)29(14-17)21-5-3-4-18(13-21)24(25,26)27/h3-11,13,17H,12,14H2,1-2H3,(H,28,32)/t17-/m0/s1. The number of benzene rings is 2. The van der Waals surface area contributed by atoms with Crippen LogP contribution in [-0.2, 0) is 15.8 Å². The molecule has 0 spiro atoms. The second-order valence-corrected chi connectivity index (χ2v) is 7.94. The van der Waals surface area contributed by atoms with Gasteiger partial charge in [0.2, 0.25) is 11.8 Å². The molecule has 1 fully saturated rings. The van der Waals surface area contributed by atoms with Gasteiger partial charge < -0.3 is 14.8 Å². The number of carbonyl (C=O) groups is 2. The van der Waals surface area contributed by atoms with Crippen molar-refractivity contribution in [2.75, 3.05) is 16.8 Å². The van der Waals surface area contributed by atoms with Crippen LogP contribution in [0.5, 0.6) is 0 Å². The second kappa shape index (κ2) is 8.18. The summed E-state index contributed by atoms with van der Waals surface area (Å²) in [5.41, 5.74) is 3.06. The number of hydrogen-bond donors (Lipinski definition) is 1. The molecule has 0 unspecified atom stereocenters. The van der Waals surface area contributed by atoms with E-state index >= 15 is 0 Å². The van der Waals surface area contributed by atoms with E-state index in [-0.39, 0.29) is 30.5 Å². The smallest absolute Gasteiger partial charge is 0.326 e. The number of nitrogens with zero attached hydrogens (tertiary/aromatic N) is 2. The first kappa shape index (κ1) is 21.7. The molecule has 3 aromatic rings. The van der Waals surface area contributed by atoms with Crippen LogP contribution in [0.3, 0.4) is 0 Å². The van der Waals surface area contributed by atoms with Gasteiger partial charge in [0, 0.05) is 41.4 Å². The van der Waals surface area contributed by atoms with Gasteiger partial charge in [0.05, 0.1) is 11.5 Å². The first-order valence-corrected chi connectivity index (χ1v) is 10.2. The number of halogens is 3. The summed E-state index contributed by atoms with van der Waals surface area (Å²) in [6, 6.07) is 16.0. The molecule has 166 valence electrons. The lowest BCUT2D eigenvalue weighted by Crippen LogP contribution is -2.28. The molecule has 2 aromatic carbocycles. The molecule has 4 rings (SSSR count). The molecule has 5 nitrogen and oxygen atoms in total. The Morgan fingerprint density at radius 2 is 1.62 bits per heavy atom. The monoisotopic (exact) mass is 441 g/mol. The van der Waals surface area contributed by atoms with Crippen molar-refractivity contribution in [1.82, 2.24) is 4.57 Å². The molecule has 1 N–H and O–H groups in total. The van der Waals surface area contributed by atoms with Crippen LogP contribution >= 0.6 is 0 Å². The highest BCUT2D eigenvalue weighted by molar-refractivity contribution is 6.03. The Labute approximate surface area is 183 Å². The van der Waals surface area contributed by atoms with E-state index in [2.05, 4.69) is 9.88 Å². The fourth-order valence-electron chi connectivity index (χ4n) is 4.00. The molecule has 1 aliphatic rings. The predicted octanol–water partition coefficient (Wildman–Crippen LogP) is 5.10. The number of hydrogen-bond acceptors (Lipinski definition) is 2. The van der Waals surface area contributed by atoms with Gasteiger partial charge >= 0.3 is 6.18 Å². The molecule has 2 heterocycles. The molecule has 0 bridgehead atoms. The highest BCUT2D eigenvalue weighted by atomic mass is 19.4. The molecule has 0 radical (unpaired) electrons. The normalized spacial score (nSPS) is 16.5. The van der Waals surface area contributed by atoms with E-state index in [9.17, 15) is 22.8 Å². The Kier molecular flexibility index (Phi) is 5.54. The number of nitrogens with one attached hydrogen (secondary N) is 1. The first-order chi connectivity index (χ1) is 15.1. The summed E-state index contributed by atoms with van der Waals surface area (Å²) in [7, 11) is 0. The summed E-state index contributed by atoms with van der Waals surface area (Å²) in [6.07, 6.45) is -4.55. The van der Waals surface area contributed by atoms with Gasteiger partial charge in [0.15, 0.2) is 0 Å². The van der Waals surface area contributed by atoms with Gasteiger partial charge in [-0.3, -0.25) is 9.59 Å². The van der Waals surface area contributed by atoms with Gasteiger partial charge in [-0.1, -0.05) is 6.07 Å². The molecule has 8 heteroatoms. The first-order valence-electron chi connectivity index (χ1n) is 10.2. The molecule has 0 aliphatic carbocycles. The fourth-order valence-corrected chi connectivity index (χ4v) is 4.00. The summed E-state index contributed by atoms with van der Waals surface area (Å²) in [6.45, 7) is 4.05. The zero-order valence-electron chi connectivity index (χ0n) is 17.6. The molecule has 1 aromatic heterocycles. The number of aryl methyl sites for hydroxylation is 2. The van der Waals surface area contributed by atoms with Crippen LogP contribution < -0.4 is 10.2 Å². The lowest BCUT2D eigenvalue weighted by Gasteiger charge is -2.18. The topological polar surface area (TPSA) is 54.3 Å². The highest BCUT2D eigenvalue weighted by Gasteiger charge is 2.37. The van der Waals surface area contributed by atoms with Crippen molar-refractivity contribution in [2.45, 2.75) is 26.4 Å². The Morgan fingerprint density at radius 3 is 2.25 bits per heavy atom.